The van der Waals surface area contributed by atoms with Gasteiger partial charge in [0.1, 0.15) is 11.5 Å². The monoisotopic (exact) mass is 433 g/mol. The van der Waals surface area contributed by atoms with Gasteiger partial charge in [0.05, 0.1) is 19.3 Å². The fraction of sp³-hybridized carbons (Fsp3) is 0.231. The molecule has 0 bridgehead atoms. The quantitative estimate of drug-likeness (QED) is 0.466. The summed E-state index contributed by atoms with van der Waals surface area (Å²) in [4.78, 5) is 25.8. The van der Waals surface area contributed by atoms with Crippen LogP contribution in [0.2, 0.25) is 0 Å². The molecule has 6 heteroatoms. The summed E-state index contributed by atoms with van der Waals surface area (Å²) in [5.41, 5.74) is 1.44. The Morgan fingerprint density at radius 2 is 1.59 bits per heavy atom. The van der Waals surface area contributed by atoms with Crippen LogP contribution >= 0.6 is 0 Å². The Bertz CT molecular complexity index is 1030. The summed E-state index contributed by atoms with van der Waals surface area (Å²) in [6, 6.07) is 22.5. The number of methoxy groups -OCH3 is 1. The molecule has 0 radical (unpaired) electrons. The van der Waals surface area contributed by atoms with Gasteiger partial charge in [0, 0.05) is 17.3 Å². The highest BCUT2D eigenvalue weighted by molar-refractivity contribution is 5.98. The van der Waals surface area contributed by atoms with Crippen LogP contribution in [0.4, 0.5) is 5.69 Å². The van der Waals surface area contributed by atoms with Crippen molar-refractivity contribution in [2.75, 3.05) is 19.0 Å². The van der Waals surface area contributed by atoms with Crippen molar-refractivity contribution in [3.05, 3.63) is 90.0 Å². The van der Waals surface area contributed by atoms with E-state index in [4.69, 9.17) is 14.2 Å². The van der Waals surface area contributed by atoms with Crippen LogP contribution in [0.5, 0.6) is 11.5 Å². The van der Waals surface area contributed by atoms with Crippen LogP contribution in [0.15, 0.2) is 78.9 Å². The number of anilines is 1. The summed E-state index contributed by atoms with van der Waals surface area (Å²) >= 11 is 0. The minimum absolute atomic E-state index is 0.331. The van der Waals surface area contributed by atoms with E-state index >= 15 is 0 Å². The minimum Gasteiger partial charge on any atom is -0.497 e. The van der Waals surface area contributed by atoms with E-state index in [2.05, 4.69) is 19.2 Å². The Balaban J connectivity index is 1.75. The van der Waals surface area contributed by atoms with Crippen molar-refractivity contribution in [2.45, 2.75) is 20.0 Å². The lowest BCUT2D eigenvalue weighted by Gasteiger charge is -2.18. The highest BCUT2D eigenvalue weighted by atomic mass is 16.5. The van der Waals surface area contributed by atoms with Crippen LogP contribution < -0.4 is 14.8 Å². The zero-order valence-corrected chi connectivity index (χ0v) is 18.4. The molecule has 0 aromatic heterocycles. The van der Waals surface area contributed by atoms with E-state index in [9.17, 15) is 9.59 Å². The van der Waals surface area contributed by atoms with Crippen LogP contribution in [0.1, 0.15) is 35.9 Å². The van der Waals surface area contributed by atoms with Crippen molar-refractivity contribution < 1.29 is 23.8 Å². The van der Waals surface area contributed by atoms with Crippen molar-refractivity contribution in [2.24, 2.45) is 5.92 Å². The van der Waals surface area contributed by atoms with Crippen LogP contribution in [-0.4, -0.2) is 25.6 Å². The van der Waals surface area contributed by atoms with Crippen LogP contribution in [0.3, 0.4) is 0 Å². The van der Waals surface area contributed by atoms with E-state index in [1.54, 1.807) is 79.9 Å². The number of nitrogens with one attached hydrogen (secondary N) is 1. The van der Waals surface area contributed by atoms with Crippen molar-refractivity contribution in [1.29, 1.82) is 0 Å². The summed E-state index contributed by atoms with van der Waals surface area (Å²) < 4.78 is 16.5. The number of hydrogen-bond acceptors (Lipinski definition) is 5. The molecule has 0 saturated carbocycles. The smallest absolute Gasteiger partial charge is 0.339 e. The van der Waals surface area contributed by atoms with Gasteiger partial charge in [-0.3, -0.25) is 4.79 Å². The van der Waals surface area contributed by atoms with Gasteiger partial charge in [0.25, 0.3) is 5.91 Å². The van der Waals surface area contributed by atoms with Crippen molar-refractivity contribution in [1.82, 2.24) is 0 Å². The Morgan fingerprint density at radius 3 is 2.25 bits per heavy atom. The molecular formula is C26H27NO5. The molecule has 1 unspecified atom stereocenters. The molecule has 0 aliphatic carbocycles. The van der Waals surface area contributed by atoms with Crippen molar-refractivity contribution in [3.63, 3.8) is 0 Å². The standard InChI is InChI=1S/C26H27NO5/c1-18(2)17-31-22-14-12-20(13-15-22)26(29)32-24(19-8-5-4-6-9-19)25(28)27-21-10-7-11-23(16-21)30-3/h4-16,18,24H,17H2,1-3H3,(H,27,28). The Morgan fingerprint density at radius 1 is 0.875 bits per heavy atom. The summed E-state index contributed by atoms with van der Waals surface area (Å²) in [6.07, 6.45) is -1.12. The van der Waals surface area contributed by atoms with Crippen LogP contribution in [0, 0.1) is 5.92 Å². The molecule has 0 aliphatic rings. The van der Waals surface area contributed by atoms with Gasteiger partial charge in [-0.25, -0.2) is 4.79 Å². The zero-order valence-electron chi connectivity index (χ0n) is 18.4. The van der Waals surface area contributed by atoms with Crippen molar-refractivity contribution in [3.8, 4) is 11.5 Å². The van der Waals surface area contributed by atoms with Crippen LogP contribution in [-0.2, 0) is 9.53 Å². The van der Waals surface area contributed by atoms with E-state index in [0.29, 0.717) is 40.8 Å². The van der Waals surface area contributed by atoms with E-state index in [1.807, 2.05) is 6.07 Å². The third-order valence-electron chi connectivity index (χ3n) is 4.58. The predicted octanol–water partition coefficient (Wildman–Crippen LogP) is 5.27. The lowest BCUT2D eigenvalue weighted by Crippen LogP contribution is -2.26. The maximum Gasteiger partial charge on any atom is 0.339 e. The first-order valence-electron chi connectivity index (χ1n) is 10.4. The van der Waals surface area contributed by atoms with Gasteiger partial charge in [-0.1, -0.05) is 50.2 Å². The maximum absolute atomic E-state index is 13.0. The molecule has 0 saturated heterocycles. The number of esters is 1. The average molecular weight is 434 g/mol. The lowest BCUT2D eigenvalue weighted by molar-refractivity contribution is -0.125. The summed E-state index contributed by atoms with van der Waals surface area (Å²) in [6.45, 7) is 4.71. The van der Waals surface area contributed by atoms with Gasteiger partial charge >= 0.3 is 5.97 Å². The number of carbonyl (C=O) groups excluding carboxylic acids is 2. The van der Waals surface area contributed by atoms with Gasteiger partial charge in [0.2, 0.25) is 6.10 Å². The van der Waals surface area contributed by atoms with Crippen molar-refractivity contribution >= 4 is 17.6 Å². The topological polar surface area (TPSA) is 73.9 Å². The fourth-order valence-electron chi connectivity index (χ4n) is 2.93. The normalized spacial score (nSPS) is 11.5. The van der Waals surface area contributed by atoms with Gasteiger partial charge in [0.15, 0.2) is 0 Å². The third-order valence-corrected chi connectivity index (χ3v) is 4.58. The first kappa shape index (κ1) is 22.9. The summed E-state index contributed by atoms with van der Waals surface area (Å²) in [5, 5.41) is 2.79. The molecule has 32 heavy (non-hydrogen) atoms. The van der Waals surface area contributed by atoms with E-state index in [1.165, 1.54) is 0 Å². The second-order valence-electron chi connectivity index (χ2n) is 7.65. The first-order valence-corrected chi connectivity index (χ1v) is 10.4. The maximum atomic E-state index is 13.0. The second kappa shape index (κ2) is 11.0. The number of benzene rings is 3. The molecule has 3 aromatic rings. The molecule has 6 nitrogen and oxygen atoms in total. The fourth-order valence-corrected chi connectivity index (χ4v) is 2.93. The Labute approximate surface area is 188 Å². The molecule has 3 rings (SSSR count). The Hall–Kier alpha value is -3.80. The molecule has 0 aliphatic heterocycles. The number of rotatable bonds is 9. The SMILES string of the molecule is COc1cccc(NC(=O)C(OC(=O)c2ccc(OCC(C)C)cc2)c2ccccc2)c1. The molecule has 0 heterocycles. The predicted molar refractivity (Wildman–Crippen MR) is 123 cm³/mol. The molecule has 1 atom stereocenters. The van der Waals surface area contributed by atoms with Gasteiger partial charge in [-0.15, -0.1) is 0 Å². The van der Waals surface area contributed by atoms with Crippen LogP contribution in [0.25, 0.3) is 0 Å². The van der Waals surface area contributed by atoms with Gasteiger partial charge in [-0.05, 0) is 42.3 Å². The molecule has 1 N–H and O–H groups in total. The average Bonchev–Trinajstić information content (AvgIpc) is 2.82. The number of carbonyl (C=O) groups is 2. The lowest BCUT2D eigenvalue weighted by atomic mass is 10.1. The molecule has 3 aromatic carbocycles. The molecule has 166 valence electrons. The van der Waals surface area contributed by atoms with Gasteiger partial charge < -0.3 is 19.5 Å². The zero-order chi connectivity index (χ0) is 22.9. The van der Waals surface area contributed by atoms with Gasteiger partial charge in [-0.2, -0.15) is 0 Å². The number of ether oxygens (including phenoxy) is 3. The minimum atomic E-state index is -1.12. The van der Waals surface area contributed by atoms with E-state index in [-0.39, 0.29) is 0 Å². The highest BCUT2D eigenvalue weighted by Crippen LogP contribution is 2.24. The molecule has 0 fully saturated rings. The third kappa shape index (κ3) is 6.35. The second-order valence-corrected chi connectivity index (χ2v) is 7.65. The van der Waals surface area contributed by atoms with E-state index in [0.717, 1.165) is 0 Å². The largest absolute Gasteiger partial charge is 0.497 e. The first-order chi connectivity index (χ1) is 15.5. The summed E-state index contributed by atoms with van der Waals surface area (Å²) in [7, 11) is 1.55. The molecule has 0 spiro atoms. The highest BCUT2D eigenvalue weighted by Gasteiger charge is 2.26. The molecular weight excluding hydrogens is 406 g/mol. The Kier molecular flexibility index (Phi) is 7.86. The van der Waals surface area contributed by atoms with E-state index < -0.39 is 18.0 Å². The molecule has 1 amide bonds. The summed E-state index contributed by atoms with van der Waals surface area (Å²) in [5.74, 6) is 0.612. The number of hydrogen-bond donors (Lipinski definition) is 1. The number of amides is 1.